The summed E-state index contributed by atoms with van der Waals surface area (Å²) in [5.41, 5.74) is 10.1. The molecule has 0 saturated heterocycles. The maximum Gasteiger partial charge on any atom is 0.419 e. The number of rotatable bonds is 0. The summed E-state index contributed by atoms with van der Waals surface area (Å²) in [5.74, 6) is -0.606. The number of aromatic nitrogens is 1. The average Bonchev–Trinajstić information content (AvgIpc) is 1.85. The number of anilines is 2. The summed E-state index contributed by atoms with van der Waals surface area (Å²) in [7, 11) is 0. The predicted octanol–water partition coefficient (Wildman–Crippen LogP) is -0.868. The van der Waals surface area contributed by atoms with Gasteiger partial charge in [0.25, 0.3) is 0 Å². The molecule has 5 heteroatoms. The van der Waals surface area contributed by atoms with Crippen LogP contribution in [-0.2, 0) is 0 Å². The molecule has 1 heterocycles. The number of hydrogen-bond donors (Lipinski definition) is 3. The van der Waals surface area contributed by atoms with E-state index in [0.29, 0.717) is 0 Å². The van der Waals surface area contributed by atoms with Crippen LogP contribution in [0.3, 0.4) is 0 Å². The molecule has 0 spiro atoms. The van der Waals surface area contributed by atoms with Crippen molar-refractivity contribution in [3.05, 3.63) is 10.6 Å². The van der Waals surface area contributed by atoms with Crippen LogP contribution in [0.15, 0.2) is 9.21 Å². The zero-order valence-corrected chi connectivity index (χ0v) is 3.97. The summed E-state index contributed by atoms with van der Waals surface area (Å²) in [6, 6.07) is 0. The highest BCUT2D eigenvalue weighted by atomic mass is 16.4. The minimum Gasteiger partial charge on any atom is -0.390 e. The van der Waals surface area contributed by atoms with Crippen molar-refractivity contribution in [2.45, 2.75) is 0 Å². The number of nitrogens with two attached hydrogens (primary N) is 2. The van der Waals surface area contributed by atoms with Crippen LogP contribution in [-0.4, -0.2) is 4.98 Å². The Morgan fingerprint density at radius 1 is 1.50 bits per heavy atom. The SMILES string of the molecule is Nc1[nH]c(=O)oc1N. The van der Waals surface area contributed by atoms with E-state index in [-0.39, 0.29) is 11.7 Å². The van der Waals surface area contributed by atoms with Gasteiger partial charge in [-0.2, -0.15) is 0 Å². The Morgan fingerprint density at radius 2 is 2.12 bits per heavy atom. The lowest BCUT2D eigenvalue weighted by atomic mass is 10.7. The summed E-state index contributed by atoms with van der Waals surface area (Å²) in [5, 5.41) is 0. The third-order valence-corrected chi connectivity index (χ3v) is 0.705. The highest BCUT2D eigenvalue weighted by Gasteiger charge is 1.97. The number of nitrogen functional groups attached to an aromatic ring is 2. The van der Waals surface area contributed by atoms with Crippen molar-refractivity contribution < 1.29 is 4.42 Å². The number of hydrogen-bond acceptors (Lipinski definition) is 4. The van der Waals surface area contributed by atoms with Gasteiger partial charge in [-0.15, -0.1) is 0 Å². The number of nitrogens with one attached hydrogen (secondary N) is 1. The predicted molar refractivity (Wildman–Crippen MR) is 28.2 cm³/mol. The van der Waals surface area contributed by atoms with Gasteiger partial charge in [0.2, 0.25) is 5.88 Å². The summed E-state index contributed by atoms with van der Waals surface area (Å²) < 4.78 is 4.26. The average molecular weight is 115 g/mol. The molecule has 0 unspecified atom stereocenters. The molecule has 0 aliphatic rings. The Labute approximate surface area is 44.3 Å². The first-order valence-corrected chi connectivity index (χ1v) is 1.94. The van der Waals surface area contributed by atoms with Gasteiger partial charge in [0, 0.05) is 0 Å². The van der Waals surface area contributed by atoms with Crippen molar-refractivity contribution in [3.63, 3.8) is 0 Å². The molecule has 8 heavy (non-hydrogen) atoms. The Kier molecular flexibility index (Phi) is 0.768. The van der Waals surface area contributed by atoms with Crippen molar-refractivity contribution in [2.75, 3.05) is 11.5 Å². The topological polar surface area (TPSA) is 98.0 Å². The van der Waals surface area contributed by atoms with Crippen molar-refractivity contribution in [3.8, 4) is 0 Å². The highest BCUT2D eigenvalue weighted by Crippen LogP contribution is 2.03. The molecule has 1 rings (SSSR count). The minimum absolute atomic E-state index is 0.0602. The second-order valence-corrected chi connectivity index (χ2v) is 1.29. The molecule has 0 bridgehead atoms. The quantitative estimate of drug-likeness (QED) is 0.409. The van der Waals surface area contributed by atoms with Crippen LogP contribution >= 0.6 is 0 Å². The monoisotopic (exact) mass is 115 g/mol. The van der Waals surface area contributed by atoms with Gasteiger partial charge in [0.05, 0.1) is 0 Å². The molecule has 0 aliphatic heterocycles. The highest BCUT2D eigenvalue weighted by molar-refractivity contribution is 5.48. The van der Waals surface area contributed by atoms with E-state index in [1.807, 2.05) is 0 Å². The van der Waals surface area contributed by atoms with E-state index >= 15 is 0 Å². The molecule has 5 nitrogen and oxygen atoms in total. The van der Waals surface area contributed by atoms with Crippen LogP contribution in [0.2, 0.25) is 0 Å². The third kappa shape index (κ3) is 0.534. The van der Waals surface area contributed by atoms with Gasteiger partial charge in [-0.25, -0.2) is 4.79 Å². The van der Waals surface area contributed by atoms with Gasteiger partial charge < -0.3 is 15.9 Å². The Hall–Kier alpha value is -1.39. The van der Waals surface area contributed by atoms with E-state index in [0.717, 1.165) is 0 Å². The molecular formula is C3H5N3O2. The van der Waals surface area contributed by atoms with Crippen molar-refractivity contribution in [1.29, 1.82) is 0 Å². The molecule has 0 aliphatic carbocycles. The number of oxazole rings is 1. The molecule has 0 aromatic carbocycles. The van der Waals surface area contributed by atoms with Crippen molar-refractivity contribution in [1.82, 2.24) is 4.98 Å². The van der Waals surface area contributed by atoms with Crippen LogP contribution in [0.1, 0.15) is 0 Å². The molecule has 1 aromatic heterocycles. The lowest BCUT2D eigenvalue weighted by molar-refractivity contribution is 0.533. The van der Waals surface area contributed by atoms with Crippen LogP contribution in [0, 0.1) is 0 Å². The van der Waals surface area contributed by atoms with Gasteiger partial charge in [0.15, 0.2) is 5.82 Å². The minimum atomic E-state index is -0.625. The van der Waals surface area contributed by atoms with Gasteiger partial charge in [0.1, 0.15) is 0 Å². The Bertz CT molecular complexity index is 212. The van der Waals surface area contributed by atoms with Crippen LogP contribution in [0.4, 0.5) is 11.7 Å². The van der Waals surface area contributed by atoms with Gasteiger partial charge >= 0.3 is 5.76 Å². The first-order chi connectivity index (χ1) is 3.70. The fourth-order valence-electron chi connectivity index (χ4n) is 0.352. The maximum atomic E-state index is 10.1. The summed E-state index contributed by atoms with van der Waals surface area (Å²) in [6.07, 6.45) is 0. The van der Waals surface area contributed by atoms with Crippen molar-refractivity contribution in [2.24, 2.45) is 0 Å². The standard InChI is InChI=1S/C3H5N3O2/c4-1-2(5)8-3(7)6-1/h4-5H2,(H,6,7). The number of H-pyrrole nitrogens is 1. The van der Waals surface area contributed by atoms with Gasteiger partial charge in [-0.3, -0.25) is 4.98 Å². The van der Waals surface area contributed by atoms with E-state index in [2.05, 4.69) is 9.40 Å². The second kappa shape index (κ2) is 1.29. The molecular weight excluding hydrogens is 110 g/mol. The fraction of sp³-hybridized carbons (Fsp3) is 0. The maximum absolute atomic E-state index is 10.1. The molecule has 0 saturated carbocycles. The summed E-state index contributed by atoms with van der Waals surface area (Å²) >= 11 is 0. The van der Waals surface area contributed by atoms with Crippen LogP contribution in [0.5, 0.6) is 0 Å². The zero-order chi connectivity index (χ0) is 6.15. The summed E-state index contributed by atoms with van der Waals surface area (Å²) in [4.78, 5) is 12.3. The molecule has 0 fully saturated rings. The molecule has 0 amide bonds. The zero-order valence-electron chi connectivity index (χ0n) is 3.97. The normalized spacial score (nSPS) is 9.50. The summed E-state index contributed by atoms with van der Waals surface area (Å²) in [6.45, 7) is 0. The van der Waals surface area contributed by atoms with E-state index in [4.69, 9.17) is 11.5 Å². The van der Waals surface area contributed by atoms with E-state index < -0.39 is 5.76 Å². The first kappa shape index (κ1) is 4.76. The van der Waals surface area contributed by atoms with Gasteiger partial charge in [-0.1, -0.05) is 0 Å². The molecule has 0 radical (unpaired) electrons. The first-order valence-electron chi connectivity index (χ1n) is 1.94. The van der Waals surface area contributed by atoms with E-state index in [1.165, 1.54) is 0 Å². The lowest BCUT2D eigenvalue weighted by Gasteiger charge is -1.78. The second-order valence-electron chi connectivity index (χ2n) is 1.29. The Balaban J connectivity index is 3.35. The van der Waals surface area contributed by atoms with E-state index in [1.54, 1.807) is 0 Å². The van der Waals surface area contributed by atoms with Crippen LogP contribution in [0.25, 0.3) is 0 Å². The molecule has 5 N–H and O–H groups in total. The largest absolute Gasteiger partial charge is 0.419 e. The smallest absolute Gasteiger partial charge is 0.390 e. The van der Waals surface area contributed by atoms with E-state index in [9.17, 15) is 4.79 Å². The fourth-order valence-corrected chi connectivity index (χ4v) is 0.352. The molecule has 44 valence electrons. The molecule has 1 aromatic rings. The molecule has 0 atom stereocenters. The number of aromatic amines is 1. The third-order valence-electron chi connectivity index (χ3n) is 0.705. The van der Waals surface area contributed by atoms with Gasteiger partial charge in [-0.05, 0) is 0 Å². The van der Waals surface area contributed by atoms with Crippen LogP contribution < -0.4 is 17.2 Å². The lowest BCUT2D eigenvalue weighted by Crippen LogP contribution is -1.96. The Morgan fingerprint density at radius 3 is 2.25 bits per heavy atom. The van der Waals surface area contributed by atoms with Crippen molar-refractivity contribution >= 4 is 11.7 Å².